The number of esters is 1. The molecule has 0 bridgehead atoms. The lowest BCUT2D eigenvalue weighted by Crippen LogP contribution is -2.43. The molecule has 6 nitrogen and oxygen atoms in total. The van der Waals surface area contributed by atoms with Gasteiger partial charge in [-0.2, -0.15) is 0 Å². The Morgan fingerprint density at radius 2 is 1.71 bits per heavy atom. The van der Waals surface area contributed by atoms with Gasteiger partial charge in [0, 0.05) is 19.2 Å². The Balaban J connectivity index is 1.88. The van der Waals surface area contributed by atoms with Crippen LogP contribution in [-0.2, 0) is 20.9 Å². The fraction of sp³-hybridized carbons (Fsp3) is 0.318. The van der Waals surface area contributed by atoms with Gasteiger partial charge < -0.3 is 15.0 Å². The summed E-state index contributed by atoms with van der Waals surface area (Å²) in [4.78, 5) is 38.5. The van der Waals surface area contributed by atoms with E-state index < -0.39 is 18.1 Å². The van der Waals surface area contributed by atoms with Gasteiger partial charge in [-0.1, -0.05) is 48.0 Å². The second-order valence-corrected chi connectivity index (χ2v) is 6.82. The fourth-order valence-electron chi connectivity index (χ4n) is 2.70. The highest BCUT2D eigenvalue weighted by atomic mass is 16.5. The topological polar surface area (TPSA) is 75.7 Å². The van der Waals surface area contributed by atoms with Crippen molar-refractivity contribution in [3.63, 3.8) is 0 Å². The van der Waals surface area contributed by atoms with Crippen LogP contribution in [0.25, 0.3) is 0 Å². The Hall–Kier alpha value is -3.15. The first-order chi connectivity index (χ1) is 13.3. The van der Waals surface area contributed by atoms with Gasteiger partial charge in [0.15, 0.2) is 6.10 Å². The van der Waals surface area contributed by atoms with Gasteiger partial charge in [-0.15, -0.1) is 0 Å². The summed E-state index contributed by atoms with van der Waals surface area (Å²) in [6, 6.07) is 15.7. The molecule has 2 aromatic carbocycles. The number of nitrogens with one attached hydrogen (secondary N) is 1. The minimum atomic E-state index is -0.945. The van der Waals surface area contributed by atoms with Crippen LogP contribution >= 0.6 is 0 Å². The third kappa shape index (κ3) is 5.94. The first-order valence-electron chi connectivity index (χ1n) is 9.15. The van der Waals surface area contributed by atoms with Crippen molar-refractivity contribution in [2.75, 3.05) is 7.05 Å². The van der Waals surface area contributed by atoms with Crippen LogP contribution in [0.5, 0.6) is 0 Å². The van der Waals surface area contributed by atoms with Crippen molar-refractivity contribution < 1.29 is 19.1 Å². The molecule has 2 aromatic rings. The largest absolute Gasteiger partial charge is 0.451 e. The van der Waals surface area contributed by atoms with Gasteiger partial charge in [0.05, 0.1) is 0 Å². The number of nitrogens with zero attached hydrogens (tertiary/aromatic N) is 1. The van der Waals surface area contributed by atoms with E-state index in [1.807, 2.05) is 43.3 Å². The van der Waals surface area contributed by atoms with Gasteiger partial charge in [-0.05, 0) is 38.5 Å². The summed E-state index contributed by atoms with van der Waals surface area (Å²) in [5, 5.41) is 2.60. The first kappa shape index (κ1) is 21.2. The molecule has 1 N–H and O–H groups in total. The van der Waals surface area contributed by atoms with E-state index in [1.165, 1.54) is 18.7 Å². The lowest BCUT2D eigenvalue weighted by atomic mass is 10.1. The van der Waals surface area contributed by atoms with E-state index in [2.05, 4.69) is 5.32 Å². The summed E-state index contributed by atoms with van der Waals surface area (Å²) in [6.07, 6.45) is -0.945. The highest BCUT2D eigenvalue weighted by Gasteiger charge is 2.25. The third-order valence-corrected chi connectivity index (χ3v) is 4.26. The average molecular weight is 382 g/mol. The van der Waals surface area contributed by atoms with Crippen molar-refractivity contribution in [1.82, 2.24) is 10.2 Å². The Morgan fingerprint density at radius 3 is 2.36 bits per heavy atom. The van der Waals surface area contributed by atoms with Gasteiger partial charge in [-0.3, -0.25) is 9.59 Å². The van der Waals surface area contributed by atoms with Crippen LogP contribution in [0, 0.1) is 6.92 Å². The van der Waals surface area contributed by atoms with Crippen molar-refractivity contribution in [3.8, 4) is 0 Å². The Labute approximate surface area is 165 Å². The summed E-state index contributed by atoms with van der Waals surface area (Å²) in [5.41, 5.74) is 2.39. The number of likely N-dealkylation sites (N-methyl/N-ethyl adjacent to an activating group) is 1. The number of hydrogen-bond donors (Lipinski definition) is 1. The zero-order valence-electron chi connectivity index (χ0n) is 16.6. The smallest absolute Gasteiger partial charge is 0.329 e. The maximum Gasteiger partial charge on any atom is 0.329 e. The predicted molar refractivity (Wildman–Crippen MR) is 107 cm³/mol. The van der Waals surface area contributed by atoms with E-state index in [1.54, 1.807) is 25.2 Å². The van der Waals surface area contributed by atoms with E-state index in [4.69, 9.17) is 4.74 Å². The maximum absolute atomic E-state index is 12.4. The monoisotopic (exact) mass is 382 g/mol. The zero-order valence-corrected chi connectivity index (χ0v) is 16.6. The van der Waals surface area contributed by atoms with E-state index in [9.17, 15) is 14.4 Å². The maximum atomic E-state index is 12.4. The van der Waals surface area contributed by atoms with Crippen molar-refractivity contribution in [3.05, 3.63) is 71.3 Å². The molecule has 0 saturated carbocycles. The Morgan fingerprint density at radius 1 is 1.04 bits per heavy atom. The fourth-order valence-corrected chi connectivity index (χ4v) is 2.70. The summed E-state index contributed by atoms with van der Waals surface area (Å²) in [6.45, 7) is 5.35. The van der Waals surface area contributed by atoms with Gasteiger partial charge in [-0.25, -0.2) is 4.79 Å². The minimum absolute atomic E-state index is 0.311. The number of ether oxygens (including phenoxy) is 1. The summed E-state index contributed by atoms with van der Waals surface area (Å²) in [5.74, 6) is -1.34. The van der Waals surface area contributed by atoms with Crippen LogP contribution in [0.2, 0.25) is 0 Å². The molecular formula is C22H26N2O4. The number of aryl methyl sites for hydroxylation is 1. The second kappa shape index (κ2) is 9.69. The quantitative estimate of drug-likeness (QED) is 0.747. The number of amides is 2. The molecule has 2 atom stereocenters. The Bertz CT molecular complexity index is 835. The van der Waals surface area contributed by atoms with Gasteiger partial charge >= 0.3 is 5.97 Å². The average Bonchev–Trinajstić information content (AvgIpc) is 2.67. The van der Waals surface area contributed by atoms with Crippen LogP contribution in [-0.4, -0.2) is 41.9 Å². The molecule has 0 aromatic heterocycles. The van der Waals surface area contributed by atoms with Crippen LogP contribution in [0.4, 0.5) is 0 Å². The zero-order chi connectivity index (χ0) is 20.7. The first-order valence-corrected chi connectivity index (χ1v) is 9.15. The van der Waals surface area contributed by atoms with Crippen LogP contribution in [0.1, 0.15) is 35.3 Å². The van der Waals surface area contributed by atoms with Crippen molar-refractivity contribution >= 4 is 17.8 Å². The van der Waals surface area contributed by atoms with E-state index >= 15 is 0 Å². The summed E-state index contributed by atoms with van der Waals surface area (Å²) < 4.78 is 5.25. The normalized spacial score (nSPS) is 12.6. The van der Waals surface area contributed by atoms with E-state index in [0.29, 0.717) is 12.1 Å². The molecule has 0 spiro atoms. The summed E-state index contributed by atoms with van der Waals surface area (Å²) >= 11 is 0. The molecule has 0 aliphatic heterocycles. The number of hydrogen-bond acceptors (Lipinski definition) is 4. The molecule has 0 aliphatic carbocycles. The number of carbonyl (C=O) groups excluding carboxylic acids is 3. The molecule has 2 rings (SSSR count). The van der Waals surface area contributed by atoms with Gasteiger partial charge in [0.25, 0.3) is 11.8 Å². The molecule has 0 fully saturated rings. The molecular weight excluding hydrogens is 356 g/mol. The highest BCUT2D eigenvalue weighted by Crippen LogP contribution is 2.08. The standard InChI is InChI=1S/C22H26N2O4/c1-15-9-8-12-19(13-15)20(25)23-16(2)22(27)28-17(3)21(26)24(4)14-18-10-6-5-7-11-18/h5-13,16-17H,14H2,1-4H3,(H,23,25). The molecule has 28 heavy (non-hydrogen) atoms. The van der Waals surface area contributed by atoms with Crippen LogP contribution in [0.3, 0.4) is 0 Å². The molecule has 6 heteroatoms. The predicted octanol–water partition coefficient (Wildman–Crippen LogP) is 2.70. The number of carbonyl (C=O) groups is 3. The number of rotatable bonds is 7. The van der Waals surface area contributed by atoms with E-state index in [-0.39, 0.29) is 11.8 Å². The van der Waals surface area contributed by atoms with Gasteiger partial charge in [0.1, 0.15) is 6.04 Å². The van der Waals surface area contributed by atoms with E-state index in [0.717, 1.165) is 11.1 Å². The molecule has 0 aliphatic rings. The molecule has 0 radical (unpaired) electrons. The SMILES string of the molecule is Cc1cccc(C(=O)NC(C)C(=O)OC(C)C(=O)N(C)Cc2ccccc2)c1. The molecule has 0 saturated heterocycles. The number of benzene rings is 2. The molecule has 0 heterocycles. The van der Waals surface area contributed by atoms with Crippen molar-refractivity contribution in [2.24, 2.45) is 0 Å². The molecule has 2 unspecified atom stereocenters. The van der Waals surface area contributed by atoms with Gasteiger partial charge in [0.2, 0.25) is 0 Å². The van der Waals surface area contributed by atoms with Crippen molar-refractivity contribution in [1.29, 1.82) is 0 Å². The summed E-state index contributed by atoms with van der Waals surface area (Å²) in [7, 11) is 1.66. The minimum Gasteiger partial charge on any atom is -0.451 e. The molecule has 148 valence electrons. The third-order valence-electron chi connectivity index (χ3n) is 4.26. The lowest BCUT2D eigenvalue weighted by molar-refractivity contribution is -0.159. The lowest BCUT2D eigenvalue weighted by Gasteiger charge is -2.23. The highest BCUT2D eigenvalue weighted by molar-refractivity contribution is 5.97. The van der Waals surface area contributed by atoms with Crippen LogP contribution < -0.4 is 5.32 Å². The molecule has 2 amide bonds. The second-order valence-electron chi connectivity index (χ2n) is 6.82. The van der Waals surface area contributed by atoms with Crippen molar-refractivity contribution in [2.45, 2.75) is 39.5 Å². The van der Waals surface area contributed by atoms with Crippen LogP contribution in [0.15, 0.2) is 54.6 Å². The Kier molecular flexibility index (Phi) is 7.32.